The molecule has 0 saturated carbocycles. The lowest BCUT2D eigenvalue weighted by Gasteiger charge is -2.05. The molecule has 154 valence electrons. The molecule has 1 aromatic heterocycles. The number of aromatic nitrogens is 2. The van der Waals surface area contributed by atoms with Crippen molar-refractivity contribution in [1.82, 2.24) is 4.57 Å². The second-order valence-electron chi connectivity index (χ2n) is 8.25. The zero-order valence-electron chi connectivity index (χ0n) is 17.4. The summed E-state index contributed by atoms with van der Waals surface area (Å²) in [7, 11) is 0. The molecule has 0 spiro atoms. The van der Waals surface area contributed by atoms with Crippen molar-refractivity contribution in [2.45, 2.75) is 25.3 Å². The van der Waals surface area contributed by atoms with Crippen molar-refractivity contribution in [1.29, 1.82) is 0 Å². The molecule has 0 N–H and O–H groups in total. The Labute approximate surface area is 182 Å². The number of epoxide rings is 2. The Hall–Kier alpha value is -3.21. The second-order valence-corrected chi connectivity index (χ2v) is 8.25. The van der Waals surface area contributed by atoms with Crippen molar-refractivity contribution >= 4 is 0 Å². The van der Waals surface area contributed by atoms with Gasteiger partial charge in [0.25, 0.3) is 5.82 Å². The Balaban J connectivity index is 1.69. The molecule has 4 aromatic rings. The molecule has 0 unspecified atom stereocenters. The van der Waals surface area contributed by atoms with Gasteiger partial charge >= 0.3 is 0 Å². The Morgan fingerprint density at radius 1 is 0.677 bits per heavy atom. The zero-order chi connectivity index (χ0) is 20.6. The molecule has 4 heteroatoms. The molecule has 0 aliphatic carbocycles. The van der Waals surface area contributed by atoms with Crippen LogP contribution < -0.4 is 4.57 Å². The molecule has 2 fully saturated rings. The van der Waals surface area contributed by atoms with Gasteiger partial charge < -0.3 is 9.47 Å². The first-order chi connectivity index (χ1) is 15.4. The zero-order valence-corrected chi connectivity index (χ0v) is 17.4. The van der Waals surface area contributed by atoms with E-state index in [9.17, 15) is 0 Å². The van der Waals surface area contributed by atoms with E-state index in [2.05, 4.69) is 100 Å². The molecule has 4 nitrogen and oxygen atoms in total. The topological polar surface area (TPSA) is 33.9 Å². The van der Waals surface area contributed by atoms with Gasteiger partial charge in [-0.1, -0.05) is 78.9 Å². The van der Waals surface area contributed by atoms with E-state index in [-0.39, 0.29) is 12.2 Å². The largest absolute Gasteiger partial charge is 0.369 e. The highest BCUT2D eigenvalue weighted by Gasteiger charge is 2.39. The summed E-state index contributed by atoms with van der Waals surface area (Å²) in [5.74, 6) is 1.21. The van der Waals surface area contributed by atoms with E-state index in [1.807, 2.05) is 0 Å². The maximum atomic E-state index is 5.69. The molecule has 31 heavy (non-hydrogen) atoms. The number of rotatable bonds is 7. The molecule has 3 aromatic carbocycles. The predicted molar refractivity (Wildman–Crippen MR) is 120 cm³/mol. The third-order valence-corrected chi connectivity index (χ3v) is 5.98. The first-order valence-electron chi connectivity index (χ1n) is 10.9. The predicted octanol–water partition coefficient (Wildman–Crippen LogP) is 4.57. The minimum atomic E-state index is 0.270. The van der Waals surface area contributed by atoms with E-state index in [0.717, 1.165) is 26.3 Å². The molecule has 2 atom stereocenters. The number of nitrogens with zero attached hydrogens (tertiary/aromatic N) is 2. The minimum Gasteiger partial charge on any atom is -0.369 e. The van der Waals surface area contributed by atoms with Gasteiger partial charge in [0.15, 0.2) is 11.4 Å². The van der Waals surface area contributed by atoms with Crippen LogP contribution in [0.15, 0.2) is 91.0 Å². The summed E-state index contributed by atoms with van der Waals surface area (Å²) in [6, 6.07) is 32.2. The van der Waals surface area contributed by atoms with E-state index in [1.54, 1.807) is 0 Å². The second kappa shape index (κ2) is 7.80. The van der Waals surface area contributed by atoms with Crippen LogP contribution in [0.3, 0.4) is 0 Å². The lowest BCUT2D eigenvalue weighted by Crippen LogP contribution is -2.40. The highest BCUT2D eigenvalue weighted by molar-refractivity contribution is 5.79. The molecule has 6 rings (SSSR count). The lowest BCUT2D eigenvalue weighted by molar-refractivity contribution is -0.676. The van der Waals surface area contributed by atoms with E-state index in [1.165, 1.54) is 33.9 Å². The maximum absolute atomic E-state index is 5.69. The van der Waals surface area contributed by atoms with Gasteiger partial charge in [0.1, 0.15) is 25.3 Å². The Bertz CT molecular complexity index is 1100. The smallest absolute Gasteiger partial charge is 0.290 e. The number of hydrogen-bond donors (Lipinski definition) is 0. The van der Waals surface area contributed by atoms with Gasteiger partial charge in [-0.2, -0.15) is 0 Å². The summed E-state index contributed by atoms with van der Waals surface area (Å²) in [4.78, 5) is 0. The summed E-state index contributed by atoms with van der Waals surface area (Å²) in [6.07, 6.45) is 0.540. The molecule has 3 heterocycles. The Morgan fingerprint density at radius 3 is 1.74 bits per heavy atom. The molecule has 0 radical (unpaired) electrons. The minimum absolute atomic E-state index is 0.270. The fourth-order valence-electron chi connectivity index (χ4n) is 4.40. The maximum Gasteiger partial charge on any atom is 0.290 e. The Morgan fingerprint density at radius 2 is 1.19 bits per heavy atom. The van der Waals surface area contributed by atoms with Gasteiger partial charge in [0, 0.05) is 11.1 Å². The van der Waals surface area contributed by atoms with Crippen molar-refractivity contribution in [2.24, 2.45) is 0 Å². The quantitative estimate of drug-likeness (QED) is 0.331. The van der Waals surface area contributed by atoms with Gasteiger partial charge in [-0.25, -0.2) is 9.13 Å². The summed E-state index contributed by atoms with van der Waals surface area (Å²) < 4.78 is 16.3. The first-order valence-corrected chi connectivity index (χ1v) is 10.9. The van der Waals surface area contributed by atoms with Crippen molar-refractivity contribution in [2.75, 3.05) is 13.2 Å². The summed E-state index contributed by atoms with van der Waals surface area (Å²) in [6.45, 7) is 3.33. The SMILES string of the molecule is c1ccc(-c2c(-c3ccccc3)[n+](C[C@@H]3CO3)c(-c3ccccc3)n2C[C@@H]2CO2)cc1. The van der Waals surface area contributed by atoms with E-state index in [4.69, 9.17) is 9.47 Å². The van der Waals surface area contributed by atoms with Crippen LogP contribution in [0.2, 0.25) is 0 Å². The standard InChI is InChI=1S/C27H25N2O2/c1-4-10-20(11-5-1)25-26(21-12-6-2-7-13-21)29(17-24-19-31-24)27(22-14-8-3-9-15-22)28(25)16-23-18-30-23/h1-15,23-24H,16-19H2/q+1/t23-,24-/m1/s1. The molecule has 2 aliphatic heterocycles. The number of hydrogen-bond acceptors (Lipinski definition) is 2. The van der Waals surface area contributed by atoms with Gasteiger partial charge in [0.05, 0.1) is 18.8 Å². The van der Waals surface area contributed by atoms with Crippen LogP contribution in [-0.2, 0) is 22.6 Å². The molecule has 0 bridgehead atoms. The summed E-state index contributed by atoms with van der Waals surface area (Å²) in [5, 5.41) is 0. The number of ether oxygens (including phenoxy) is 2. The summed E-state index contributed by atoms with van der Waals surface area (Å²) >= 11 is 0. The van der Waals surface area contributed by atoms with E-state index in [0.29, 0.717) is 0 Å². The van der Waals surface area contributed by atoms with Crippen molar-refractivity contribution < 1.29 is 14.0 Å². The molecular weight excluding hydrogens is 384 g/mol. The van der Waals surface area contributed by atoms with E-state index >= 15 is 0 Å². The van der Waals surface area contributed by atoms with Crippen molar-refractivity contribution in [3.63, 3.8) is 0 Å². The van der Waals surface area contributed by atoms with Crippen LogP contribution in [0.4, 0.5) is 0 Å². The van der Waals surface area contributed by atoms with Gasteiger partial charge in [-0.3, -0.25) is 0 Å². The molecular formula is C27H25N2O2+. The Kier molecular flexibility index (Phi) is 4.67. The molecule has 2 saturated heterocycles. The van der Waals surface area contributed by atoms with Crippen LogP contribution in [0.1, 0.15) is 0 Å². The third-order valence-electron chi connectivity index (χ3n) is 5.98. The fraction of sp³-hybridized carbons (Fsp3) is 0.222. The van der Waals surface area contributed by atoms with Crippen LogP contribution in [0.25, 0.3) is 33.9 Å². The van der Waals surface area contributed by atoms with Crippen LogP contribution in [0, 0.1) is 0 Å². The molecule has 0 amide bonds. The highest BCUT2D eigenvalue weighted by Crippen LogP contribution is 2.36. The number of benzene rings is 3. The normalized spacial score (nSPS) is 19.4. The average molecular weight is 410 g/mol. The van der Waals surface area contributed by atoms with Crippen LogP contribution in [-0.4, -0.2) is 30.0 Å². The third kappa shape index (κ3) is 3.69. The van der Waals surface area contributed by atoms with Crippen molar-refractivity contribution in [3.05, 3.63) is 91.0 Å². The van der Waals surface area contributed by atoms with Crippen molar-refractivity contribution in [3.8, 4) is 33.9 Å². The average Bonchev–Trinajstić information content (AvgIpc) is 3.75. The summed E-state index contributed by atoms with van der Waals surface area (Å²) in [5.41, 5.74) is 6.12. The molecule has 2 aliphatic rings. The van der Waals surface area contributed by atoms with Crippen LogP contribution >= 0.6 is 0 Å². The lowest BCUT2D eigenvalue weighted by atomic mass is 10.0. The van der Waals surface area contributed by atoms with Gasteiger partial charge in [-0.15, -0.1) is 0 Å². The van der Waals surface area contributed by atoms with Gasteiger partial charge in [-0.05, 0) is 12.1 Å². The monoisotopic (exact) mass is 409 g/mol. The first kappa shape index (κ1) is 18.6. The number of imidazole rings is 1. The van der Waals surface area contributed by atoms with Gasteiger partial charge in [0.2, 0.25) is 0 Å². The van der Waals surface area contributed by atoms with Crippen LogP contribution in [0.5, 0.6) is 0 Å². The van der Waals surface area contributed by atoms with E-state index < -0.39 is 0 Å². The highest BCUT2D eigenvalue weighted by atomic mass is 16.6. The fourth-order valence-corrected chi connectivity index (χ4v) is 4.40.